The smallest absolute Gasteiger partial charge is 0.408 e. The largest absolute Gasteiger partial charge is 0.419 e. The van der Waals surface area contributed by atoms with Crippen molar-refractivity contribution in [1.82, 2.24) is 4.57 Å². The van der Waals surface area contributed by atoms with Gasteiger partial charge in [0.1, 0.15) is 4.90 Å². The fourth-order valence-corrected chi connectivity index (χ4v) is 4.02. The van der Waals surface area contributed by atoms with Crippen LogP contribution in [-0.2, 0) is 16.6 Å². The van der Waals surface area contributed by atoms with Crippen LogP contribution in [0.3, 0.4) is 0 Å². The molecule has 0 saturated heterocycles. The molecule has 0 aliphatic heterocycles. The van der Waals surface area contributed by atoms with Crippen molar-refractivity contribution in [1.29, 1.82) is 0 Å². The normalized spacial score (nSPS) is 11.8. The molecular weight excluding hydrogens is 375 g/mol. The molecule has 1 N–H and O–H groups in total. The van der Waals surface area contributed by atoms with Gasteiger partial charge in [-0.2, -0.15) is 0 Å². The van der Waals surface area contributed by atoms with Crippen molar-refractivity contribution in [3.8, 4) is 0 Å². The van der Waals surface area contributed by atoms with E-state index in [1.54, 1.807) is 19.1 Å². The number of sulfonamides is 1. The highest BCUT2D eigenvalue weighted by Gasteiger charge is 2.21. The zero-order valence-corrected chi connectivity index (χ0v) is 14.7. The SMILES string of the molecule is CCn1c(=O)oc2cc(Cl)c(S(=O)(=O)Nc3ccc(Cl)cc3)cc21. The van der Waals surface area contributed by atoms with Gasteiger partial charge in [0.15, 0.2) is 5.58 Å². The number of aryl methyl sites for hydroxylation is 1. The molecule has 0 atom stereocenters. The Labute approximate surface area is 147 Å². The van der Waals surface area contributed by atoms with E-state index in [0.717, 1.165) is 0 Å². The monoisotopic (exact) mass is 386 g/mol. The molecule has 1 heterocycles. The third-order valence-corrected chi connectivity index (χ3v) is 5.52. The molecule has 3 rings (SSSR count). The standard InChI is InChI=1S/C15H12Cl2N2O4S/c1-2-19-12-8-14(11(17)7-13(12)23-15(19)20)24(21,22)18-10-5-3-9(16)4-6-10/h3-8,18H,2H2,1H3. The van der Waals surface area contributed by atoms with Crippen LogP contribution in [0.15, 0.2) is 50.5 Å². The Bertz CT molecular complexity index is 1070. The van der Waals surface area contributed by atoms with Crippen LogP contribution in [-0.4, -0.2) is 13.0 Å². The highest BCUT2D eigenvalue weighted by molar-refractivity contribution is 7.92. The Morgan fingerprint density at radius 3 is 2.46 bits per heavy atom. The lowest BCUT2D eigenvalue weighted by atomic mass is 10.3. The second kappa shape index (κ2) is 6.16. The van der Waals surface area contributed by atoms with E-state index in [4.69, 9.17) is 27.6 Å². The molecule has 0 unspecified atom stereocenters. The topological polar surface area (TPSA) is 81.3 Å². The van der Waals surface area contributed by atoms with Crippen LogP contribution in [0.4, 0.5) is 5.69 Å². The summed E-state index contributed by atoms with van der Waals surface area (Å²) in [6.07, 6.45) is 0. The van der Waals surface area contributed by atoms with E-state index in [9.17, 15) is 13.2 Å². The van der Waals surface area contributed by atoms with Gasteiger partial charge in [-0.05, 0) is 37.3 Å². The molecule has 0 radical (unpaired) electrons. The number of oxazole rings is 1. The number of nitrogens with one attached hydrogen (secondary N) is 1. The van der Waals surface area contributed by atoms with E-state index in [1.807, 2.05) is 0 Å². The highest BCUT2D eigenvalue weighted by atomic mass is 35.5. The first kappa shape index (κ1) is 16.9. The van der Waals surface area contributed by atoms with Crippen molar-refractivity contribution in [2.45, 2.75) is 18.4 Å². The number of hydrogen-bond donors (Lipinski definition) is 1. The van der Waals surface area contributed by atoms with E-state index in [-0.39, 0.29) is 15.5 Å². The number of anilines is 1. The molecule has 0 fully saturated rings. The molecule has 2 aromatic carbocycles. The summed E-state index contributed by atoms with van der Waals surface area (Å²) in [5, 5.41) is 0.448. The molecule has 3 aromatic rings. The molecule has 1 aromatic heterocycles. The maximum absolute atomic E-state index is 12.6. The maximum Gasteiger partial charge on any atom is 0.419 e. The van der Waals surface area contributed by atoms with Gasteiger partial charge in [-0.1, -0.05) is 23.2 Å². The van der Waals surface area contributed by atoms with E-state index >= 15 is 0 Å². The minimum Gasteiger partial charge on any atom is -0.408 e. The van der Waals surface area contributed by atoms with Crippen LogP contribution in [0.5, 0.6) is 0 Å². The van der Waals surface area contributed by atoms with Crippen LogP contribution >= 0.6 is 23.2 Å². The van der Waals surface area contributed by atoms with Crippen molar-refractivity contribution in [2.24, 2.45) is 0 Å². The first-order valence-corrected chi connectivity index (χ1v) is 9.17. The Hall–Kier alpha value is -1.96. The van der Waals surface area contributed by atoms with Crippen molar-refractivity contribution >= 4 is 50.0 Å². The molecule has 0 aliphatic rings. The van der Waals surface area contributed by atoms with E-state index in [1.165, 1.54) is 28.8 Å². The third-order valence-electron chi connectivity index (χ3n) is 3.42. The molecule has 0 bridgehead atoms. The Morgan fingerprint density at radius 2 is 1.83 bits per heavy atom. The lowest BCUT2D eigenvalue weighted by molar-refractivity contribution is 0.513. The average molecular weight is 387 g/mol. The summed E-state index contributed by atoms with van der Waals surface area (Å²) < 4.78 is 34.0. The van der Waals surface area contributed by atoms with Gasteiger partial charge in [0, 0.05) is 23.3 Å². The molecule has 6 nitrogen and oxygen atoms in total. The molecule has 0 aliphatic carbocycles. The fourth-order valence-electron chi connectivity index (χ4n) is 2.30. The summed E-state index contributed by atoms with van der Waals surface area (Å²) in [6.45, 7) is 2.10. The predicted molar refractivity (Wildman–Crippen MR) is 93.4 cm³/mol. The molecule has 24 heavy (non-hydrogen) atoms. The third kappa shape index (κ3) is 3.02. The summed E-state index contributed by atoms with van der Waals surface area (Å²) in [5.74, 6) is -0.566. The second-order valence-corrected chi connectivity index (χ2v) is 7.47. The first-order chi connectivity index (χ1) is 11.3. The van der Waals surface area contributed by atoms with Gasteiger partial charge in [-0.3, -0.25) is 9.29 Å². The second-order valence-electron chi connectivity index (χ2n) is 4.97. The molecular formula is C15H12Cl2N2O4S. The van der Waals surface area contributed by atoms with Crippen LogP contribution in [0.25, 0.3) is 11.1 Å². The van der Waals surface area contributed by atoms with E-state index in [2.05, 4.69) is 4.72 Å². The number of rotatable bonds is 4. The fraction of sp³-hybridized carbons (Fsp3) is 0.133. The van der Waals surface area contributed by atoms with Crippen LogP contribution in [0.2, 0.25) is 10.0 Å². The number of nitrogens with zero attached hydrogens (tertiary/aromatic N) is 1. The van der Waals surface area contributed by atoms with E-state index < -0.39 is 15.8 Å². The minimum absolute atomic E-state index is 0.0408. The van der Waals surface area contributed by atoms with Crippen LogP contribution < -0.4 is 10.5 Å². The molecule has 9 heteroatoms. The van der Waals surface area contributed by atoms with Crippen molar-refractivity contribution in [3.05, 3.63) is 57.0 Å². The summed E-state index contributed by atoms with van der Waals surface area (Å²) in [5.41, 5.74) is 0.941. The van der Waals surface area contributed by atoms with Gasteiger partial charge < -0.3 is 4.42 Å². The van der Waals surface area contributed by atoms with E-state index in [0.29, 0.717) is 22.8 Å². The molecule has 0 amide bonds. The summed E-state index contributed by atoms with van der Waals surface area (Å²) in [6, 6.07) is 8.84. The number of fused-ring (bicyclic) bond motifs is 1. The number of aromatic nitrogens is 1. The van der Waals surface area contributed by atoms with Crippen molar-refractivity contribution in [2.75, 3.05) is 4.72 Å². The maximum atomic E-state index is 12.6. The van der Waals surface area contributed by atoms with Crippen molar-refractivity contribution < 1.29 is 12.8 Å². The van der Waals surface area contributed by atoms with Crippen molar-refractivity contribution in [3.63, 3.8) is 0 Å². The Kier molecular flexibility index (Phi) is 4.33. The van der Waals surface area contributed by atoms with Gasteiger partial charge in [-0.25, -0.2) is 13.2 Å². The summed E-state index contributed by atoms with van der Waals surface area (Å²) >= 11 is 11.9. The quantitative estimate of drug-likeness (QED) is 0.740. The summed E-state index contributed by atoms with van der Waals surface area (Å²) in [7, 11) is -3.95. The first-order valence-electron chi connectivity index (χ1n) is 6.93. The zero-order valence-electron chi connectivity index (χ0n) is 12.4. The molecule has 0 spiro atoms. The summed E-state index contributed by atoms with van der Waals surface area (Å²) in [4.78, 5) is 11.6. The van der Waals surface area contributed by atoms with Gasteiger partial charge in [-0.15, -0.1) is 0 Å². The van der Waals surface area contributed by atoms with Crippen LogP contribution in [0.1, 0.15) is 6.92 Å². The molecule has 126 valence electrons. The predicted octanol–water partition coefficient (Wildman–Crippen LogP) is 3.72. The van der Waals surface area contributed by atoms with Gasteiger partial charge in [0.05, 0.1) is 10.5 Å². The van der Waals surface area contributed by atoms with Gasteiger partial charge >= 0.3 is 5.76 Å². The minimum atomic E-state index is -3.95. The molecule has 0 saturated carbocycles. The number of halogens is 2. The number of benzene rings is 2. The zero-order chi connectivity index (χ0) is 17.5. The highest BCUT2D eigenvalue weighted by Crippen LogP contribution is 2.29. The Morgan fingerprint density at radius 1 is 1.17 bits per heavy atom. The number of hydrogen-bond acceptors (Lipinski definition) is 4. The van der Waals surface area contributed by atoms with Crippen LogP contribution in [0, 0.1) is 0 Å². The van der Waals surface area contributed by atoms with Gasteiger partial charge in [0.25, 0.3) is 10.0 Å². The lowest BCUT2D eigenvalue weighted by Crippen LogP contribution is -2.15. The van der Waals surface area contributed by atoms with Gasteiger partial charge in [0.2, 0.25) is 0 Å². The lowest BCUT2D eigenvalue weighted by Gasteiger charge is -2.10. The average Bonchev–Trinajstić information content (AvgIpc) is 2.82. The Balaban J connectivity index is 2.11.